The second-order valence-corrected chi connectivity index (χ2v) is 4.16. The van der Waals surface area contributed by atoms with Gasteiger partial charge in [-0.3, -0.25) is 0 Å². The van der Waals surface area contributed by atoms with Gasteiger partial charge in [-0.2, -0.15) is 0 Å². The highest BCUT2D eigenvalue weighted by Crippen LogP contribution is 2.27. The first-order valence-corrected chi connectivity index (χ1v) is 5.96. The third kappa shape index (κ3) is 3.86. The number of ether oxygens (including phenoxy) is 2. The summed E-state index contributed by atoms with van der Waals surface area (Å²) in [5.41, 5.74) is 1.08. The Bertz CT molecular complexity index is 278. The van der Waals surface area contributed by atoms with E-state index in [2.05, 4.69) is 26.2 Å². The maximum Gasteiger partial charge on any atom is 0.200 e. The molecule has 0 radical (unpaired) electrons. The third-order valence-corrected chi connectivity index (χ3v) is 2.70. The van der Waals surface area contributed by atoms with E-state index in [1.54, 1.807) is 0 Å². The predicted octanol–water partition coefficient (Wildman–Crippen LogP) is 3.81. The molecule has 0 heterocycles. The Labute approximate surface area is 98.6 Å². The maximum absolute atomic E-state index is 5.83. The Kier molecular flexibility index (Phi) is 5.33. The topological polar surface area (TPSA) is 18.5 Å². The van der Waals surface area contributed by atoms with Crippen LogP contribution in [-0.2, 0) is 9.47 Å². The van der Waals surface area contributed by atoms with E-state index in [-0.39, 0.29) is 6.29 Å². The fourth-order valence-corrected chi connectivity index (χ4v) is 1.65. The van der Waals surface area contributed by atoms with Crippen molar-refractivity contribution in [2.24, 2.45) is 5.92 Å². The molecular formula is C14H22O2. The summed E-state index contributed by atoms with van der Waals surface area (Å²) in [6.07, 6.45) is 6.70. The molecule has 0 saturated carbocycles. The van der Waals surface area contributed by atoms with Gasteiger partial charge in [-0.05, 0) is 37.3 Å². The van der Waals surface area contributed by atoms with E-state index in [1.165, 1.54) is 0 Å². The number of hydrogen-bond donors (Lipinski definition) is 0. The van der Waals surface area contributed by atoms with E-state index >= 15 is 0 Å². The molecule has 2 heteroatoms. The highest BCUT2D eigenvalue weighted by atomic mass is 16.7. The van der Waals surface area contributed by atoms with Crippen LogP contribution in [0.4, 0.5) is 0 Å². The summed E-state index contributed by atoms with van der Waals surface area (Å²) in [5.74, 6) is 1.31. The van der Waals surface area contributed by atoms with E-state index in [0.29, 0.717) is 12.5 Å². The summed E-state index contributed by atoms with van der Waals surface area (Å²) in [6, 6.07) is 0. The fourth-order valence-electron chi connectivity index (χ4n) is 1.65. The summed E-state index contributed by atoms with van der Waals surface area (Å²) in [4.78, 5) is 0. The van der Waals surface area contributed by atoms with E-state index in [0.717, 1.165) is 30.6 Å². The molecule has 0 aromatic rings. The number of hydrogen-bond acceptors (Lipinski definition) is 2. The minimum absolute atomic E-state index is 0.181. The molecule has 1 aliphatic rings. The zero-order chi connectivity index (χ0) is 12.0. The van der Waals surface area contributed by atoms with Crippen LogP contribution in [0.3, 0.4) is 0 Å². The van der Waals surface area contributed by atoms with Gasteiger partial charge in [0.15, 0.2) is 6.29 Å². The lowest BCUT2D eigenvalue weighted by Gasteiger charge is -2.21. The molecular weight excluding hydrogens is 200 g/mol. The molecule has 0 N–H and O–H groups in total. The highest BCUT2D eigenvalue weighted by Gasteiger charge is 2.18. The van der Waals surface area contributed by atoms with Gasteiger partial charge in [0.1, 0.15) is 5.76 Å². The van der Waals surface area contributed by atoms with Crippen molar-refractivity contribution in [3.63, 3.8) is 0 Å². The molecule has 0 saturated heterocycles. The van der Waals surface area contributed by atoms with E-state index in [4.69, 9.17) is 9.47 Å². The molecule has 0 aromatic carbocycles. The van der Waals surface area contributed by atoms with Crippen LogP contribution < -0.4 is 0 Å². The molecule has 0 bridgehead atoms. The zero-order valence-corrected chi connectivity index (χ0v) is 10.4. The highest BCUT2D eigenvalue weighted by molar-refractivity contribution is 5.28. The molecule has 1 aliphatic carbocycles. The quantitative estimate of drug-likeness (QED) is 0.481. The van der Waals surface area contributed by atoms with E-state index < -0.39 is 0 Å². The third-order valence-electron chi connectivity index (χ3n) is 2.70. The molecule has 0 fully saturated rings. The second-order valence-electron chi connectivity index (χ2n) is 4.16. The van der Waals surface area contributed by atoms with Crippen molar-refractivity contribution >= 4 is 0 Å². The lowest BCUT2D eigenvalue weighted by molar-refractivity contribution is -0.118. The molecule has 90 valence electrons. The monoisotopic (exact) mass is 222 g/mol. The normalized spacial score (nSPS) is 19.1. The van der Waals surface area contributed by atoms with Gasteiger partial charge in [-0.25, -0.2) is 0 Å². The summed E-state index contributed by atoms with van der Waals surface area (Å²) in [6.45, 7) is 12.5. The lowest BCUT2D eigenvalue weighted by Crippen LogP contribution is -2.19. The van der Waals surface area contributed by atoms with E-state index in [9.17, 15) is 0 Å². The SMILES string of the molecule is C=CC(C)CC(OCC)OC1=CCCC1=C. The van der Waals surface area contributed by atoms with Crippen LogP contribution in [0.5, 0.6) is 0 Å². The molecule has 2 atom stereocenters. The Balaban J connectivity index is 2.50. The molecule has 2 nitrogen and oxygen atoms in total. The minimum Gasteiger partial charge on any atom is -0.465 e. The minimum atomic E-state index is -0.181. The Morgan fingerprint density at radius 1 is 1.56 bits per heavy atom. The Hall–Kier alpha value is -1.02. The van der Waals surface area contributed by atoms with Crippen LogP contribution in [0.1, 0.15) is 33.1 Å². The first-order valence-electron chi connectivity index (χ1n) is 5.96. The predicted molar refractivity (Wildman–Crippen MR) is 66.9 cm³/mol. The summed E-state index contributed by atoms with van der Waals surface area (Å²) in [5, 5.41) is 0. The maximum atomic E-state index is 5.83. The van der Waals surface area contributed by atoms with Gasteiger partial charge in [-0.15, -0.1) is 6.58 Å². The smallest absolute Gasteiger partial charge is 0.200 e. The summed E-state index contributed by atoms with van der Waals surface area (Å²) >= 11 is 0. The largest absolute Gasteiger partial charge is 0.465 e. The molecule has 0 aromatic heterocycles. The average molecular weight is 222 g/mol. The first-order chi connectivity index (χ1) is 7.67. The van der Waals surface area contributed by atoms with Crippen molar-refractivity contribution in [1.82, 2.24) is 0 Å². The zero-order valence-electron chi connectivity index (χ0n) is 10.4. The molecule has 1 rings (SSSR count). The summed E-state index contributed by atoms with van der Waals surface area (Å²) in [7, 11) is 0. The van der Waals surface area contributed by atoms with Crippen LogP contribution in [-0.4, -0.2) is 12.9 Å². The van der Waals surface area contributed by atoms with Crippen LogP contribution in [0.15, 0.2) is 36.6 Å². The average Bonchev–Trinajstić information content (AvgIpc) is 2.64. The number of allylic oxidation sites excluding steroid dienone is 3. The van der Waals surface area contributed by atoms with Crippen molar-refractivity contribution < 1.29 is 9.47 Å². The molecule has 16 heavy (non-hydrogen) atoms. The molecule has 2 unspecified atom stereocenters. The van der Waals surface area contributed by atoms with Gasteiger partial charge in [0.25, 0.3) is 0 Å². The van der Waals surface area contributed by atoms with Crippen molar-refractivity contribution in [1.29, 1.82) is 0 Å². The molecule has 0 amide bonds. The van der Waals surface area contributed by atoms with Gasteiger partial charge >= 0.3 is 0 Å². The van der Waals surface area contributed by atoms with Gasteiger partial charge in [-0.1, -0.05) is 19.6 Å². The van der Waals surface area contributed by atoms with Gasteiger partial charge in [0.2, 0.25) is 0 Å². The van der Waals surface area contributed by atoms with Crippen molar-refractivity contribution in [3.05, 3.63) is 36.6 Å². The van der Waals surface area contributed by atoms with Crippen LogP contribution in [0, 0.1) is 5.92 Å². The molecule has 0 spiro atoms. The standard InChI is InChI=1S/C14H22O2/c1-5-11(3)10-14(15-6-2)16-13-9-7-8-12(13)4/h5,9,11,14H,1,4,6-8,10H2,2-3H3. The van der Waals surface area contributed by atoms with E-state index in [1.807, 2.05) is 13.0 Å². The van der Waals surface area contributed by atoms with Gasteiger partial charge in [0.05, 0.1) is 0 Å². The van der Waals surface area contributed by atoms with Gasteiger partial charge in [0, 0.05) is 13.0 Å². The van der Waals surface area contributed by atoms with Crippen molar-refractivity contribution in [2.75, 3.05) is 6.61 Å². The molecule has 0 aliphatic heterocycles. The Morgan fingerprint density at radius 3 is 2.81 bits per heavy atom. The van der Waals surface area contributed by atoms with Crippen molar-refractivity contribution in [2.45, 2.75) is 39.4 Å². The van der Waals surface area contributed by atoms with Crippen molar-refractivity contribution in [3.8, 4) is 0 Å². The lowest BCUT2D eigenvalue weighted by atomic mass is 10.1. The first kappa shape index (κ1) is 13.0. The fraction of sp³-hybridized carbons (Fsp3) is 0.571. The summed E-state index contributed by atoms with van der Waals surface area (Å²) < 4.78 is 11.4. The van der Waals surface area contributed by atoms with Crippen LogP contribution in [0.2, 0.25) is 0 Å². The van der Waals surface area contributed by atoms with Crippen LogP contribution >= 0.6 is 0 Å². The van der Waals surface area contributed by atoms with Crippen LogP contribution in [0.25, 0.3) is 0 Å². The second kappa shape index (κ2) is 6.54. The number of rotatable bonds is 7. The van der Waals surface area contributed by atoms with Gasteiger partial charge < -0.3 is 9.47 Å². The Morgan fingerprint density at radius 2 is 2.31 bits per heavy atom.